The van der Waals surface area contributed by atoms with E-state index in [0.717, 1.165) is 104 Å². The van der Waals surface area contributed by atoms with Crippen molar-refractivity contribution in [3.63, 3.8) is 0 Å². The molecule has 2 aromatic carbocycles. The van der Waals surface area contributed by atoms with Gasteiger partial charge in [0, 0.05) is 39.6 Å². The Kier molecular flexibility index (Phi) is 9.68. The van der Waals surface area contributed by atoms with E-state index in [1.54, 1.807) is 0 Å². The number of fused-ring (bicyclic) bond motifs is 8. The Balaban J connectivity index is 1.32. The van der Waals surface area contributed by atoms with E-state index in [2.05, 4.69) is 130 Å². The molecule has 5 heterocycles. The first-order valence-corrected chi connectivity index (χ1v) is 21.1. The second-order valence-electron chi connectivity index (χ2n) is 16.2. The summed E-state index contributed by atoms with van der Waals surface area (Å²) in [7, 11) is 0. The first-order valence-electron chi connectivity index (χ1n) is 21.1. The third kappa shape index (κ3) is 7.40. The summed E-state index contributed by atoms with van der Waals surface area (Å²) < 4.78 is 0. The second kappa shape index (κ2) is 15.7. The minimum atomic E-state index is 0.415. The third-order valence-electron chi connectivity index (χ3n) is 12.3. The zero-order valence-corrected chi connectivity index (χ0v) is 32.4. The SMILES string of the molecule is C(#Cc1cc2[nH]c1cc1[nH]c(cc1C#CC1CCCC1)c(C1CCCC1)c1nc(c(C#CC3CCCC3)c3nc(c2-c2ccccc2)C=C3)C=C1)c1ccccc1. The molecule has 4 heteroatoms. The van der Waals surface area contributed by atoms with Gasteiger partial charge in [0.2, 0.25) is 0 Å². The molecular weight excluding hydrogens is 693 g/mol. The van der Waals surface area contributed by atoms with Gasteiger partial charge >= 0.3 is 0 Å². The van der Waals surface area contributed by atoms with E-state index in [9.17, 15) is 0 Å². The maximum Gasteiger partial charge on any atom is 0.0816 e. The van der Waals surface area contributed by atoms with Crippen LogP contribution in [-0.2, 0) is 0 Å². The van der Waals surface area contributed by atoms with E-state index < -0.39 is 0 Å². The van der Waals surface area contributed by atoms with Gasteiger partial charge in [-0.25, -0.2) is 9.97 Å². The minimum Gasteiger partial charge on any atom is -0.354 e. The maximum absolute atomic E-state index is 5.44. The highest BCUT2D eigenvalue weighted by atomic mass is 14.8. The summed E-state index contributed by atoms with van der Waals surface area (Å²) >= 11 is 0. The zero-order valence-electron chi connectivity index (χ0n) is 32.4. The zero-order chi connectivity index (χ0) is 38.0. The lowest BCUT2D eigenvalue weighted by Crippen LogP contribution is -1.97. The van der Waals surface area contributed by atoms with Gasteiger partial charge in [-0.15, -0.1) is 0 Å². The van der Waals surface area contributed by atoms with E-state index in [1.807, 2.05) is 18.2 Å². The van der Waals surface area contributed by atoms with Crippen LogP contribution >= 0.6 is 0 Å². The molecule has 5 aliphatic rings. The molecule has 2 aliphatic heterocycles. The molecule has 8 bridgehead atoms. The van der Waals surface area contributed by atoms with Crippen LogP contribution in [0.25, 0.3) is 57.5 Å². The summed E-state index contributed by atoms with van der Waals surface area (Å²) in [4.78, 5) is 18.6. The largest absolute Gasteiger partial charge is 0.354 e. The summed E-state index contributed by atoms with van der Waals surface area (Å²) in [6.07, 6.45) is 23.1. The molecule has 0 spiro atoms. The summed E-state index contributed by atoms with van der Waals surface area (Å²) in [5, 5.41) is 0. The quantitative estimate of drug-likeness (QED) is 0.174. The average Bonchev–Trinajstić information content (AvgIpc) is 4.09. The van der Waals surface area contributed by atoms with Gasteiger partial charge in [-0.3, -0.25) is 0 Å². The molecule has 5 aromatic rings. The Morgan fingerprint density at radius 3 is 1.72 bits per heavy atom. The lowest BCUT2D eigenvalue weighted by Gasteiger charge is -2.10. The van der Waals surface area contributed by atoms with Crippen molar-refractivity contribution in [2.45, 2.75) is 83.0 Å². The van der Waals surface area contributed by atoms with E-state index >= 15 is 0 Å². The predicted octanol–water partition coefficient (Wildman–Crippen LogP) is 12.5. The standard InChI is InChI=1S/C53H46N4/c1-3-13-36(14-4-1)23-26-41-33-50-52(39-19-5-2-6-20-39)46-31-29-44(54-46)43(28-25-38-17-9-10-18-38)45-30-32-47(55-45)53(40-21-11-12-22-40)51-34-42(27-24-37-15-7-8-16-37)49(57-51)35-48(41)56-50/h1-6,13-14,19-20,29-35,37-38,40,56-57H,7-12,15-18,21-22H2. The van der Waals surface area contributed by atoms with Crippen LogP contribution in [0.3, 0.4) is 0 Å². The number of nitrogens with zero attached hydrogens (tertiary/aromatic N) is 2. The third-order valence-corrected chi connectivity index (χ3v) is 12.3. The molecule has 278 valence electrons. The Morgan fingerprint density at radius 2 is 1.02 bits per heavy atom. The van der Waals surface area contributed by atoms with Crippen molar-refractivity contribution in [3.8, 4) is 46.6 Å². The second-order valence-corrected chi connectivity index (χ2v) is 16.2. The molecule has 10 rings (SSSR count). The van der Waals surface area contributed by atoms with Gasteiger partial charge in [0.05, 0.1) is 50.5 Å². The van der Waals surface area contributed by atoms with Crippen molar-refractivity contribution in [2.75, 3.05) is 0 Å². The molecule has 0 amide bonds. The molecule has 0 saturated heterocycles. The van der Waals surface area contributed by atoms with Crippen LogP contribution in [0.1, 0.15) is 134 Å². The highest BCUT2D eigenvalue weighted by Gasteiger charge is 2.24. The number of hydrogen-bond acceptors (Lipinski definition) is 2. The van der Waals surface area contributed by atoms with Crippen molar-refractivity contribution >= 4 is 46.4 Å². The lowest BCUT2D eigenvalue weighted by atomic mass is 9.95. The van der Waals surface area contributed by atoms with Crippen LogP contribution in [0.15, 0.2) is 78.9 Å². The van der Waals surface area contributed by atoms with E-state index in [0.29, 0.717) is 17.8 Å². The average molecular weight is 739 g/mol. The first kappa shape index (κ1) is 35.2. The van der Waals surface area contributed by atoms with E-state index in [-0.39, 0.29) is 0 Å². The van der Waals surface area contributed by atoms with Crippen LogP contribution in [0.2, 0.25) is 0 Å². The number of hydrogen-bond donors (Lipinski definition) is 2. The number of nitrogens with one attached hydrogen (secondary N) is 2. The fourth-order valence-corrected chi connectivity index (χ4v) is 9.33. The Morgan fingerprint density at radius 1 is 0.474 bits per heavy atom. The fourth-order valence-electron chi connectivity index (χ4n) is 9.33. The summed E-state index contributed by atoms with van der Waals surface area (Å²) in [5.74, 6) is 23.0. The van der Waals surface area contributed by atoms with Crippen molar-refractivity contribution in [1.29, 1.82) is 0 Å². The van der Waals surface area contributed by atoms with Crippen LogP contribution < -0.4 is 0 Å². The number of aromatic nitrogens is 4. The maximum atomic E-state index is 5.44. The smallest absolute Gasteiger partial charge is 0.0816 e. The van der Waals surface area contributed by atoms with Gasteiger partial charge in [-0.1, -0.05) is 123 Å². The summed E-state index contributed by atoms with van der Waals surface area (Å²) in [5.41, 5.74) is 14.8. The first-order chi connectivity index (χ1) is 28.2. The molecule has 4 nitrogen and oxygen atoms in total. The molecule has 3 aliphatic carbocycles. The molecule has 0 radical (unpaired) electrons. The summed E-state index contributed by atoms with van der Waals surface area (Å²) in [6.45, 7) is 0. The number of H-pyrrole nitrogens is 2. The van der Waals surface area contributed by atoms with Crippen molar-refractivity contribution in [2.24, 2.45) is 11.8 Å². The molecule has 0 atom stereocenters. The monoisotopic (exact) mass is 738 g/mol. The Labute approximate surface area is 336 Å². The van der Waals surface area contributed by atoms with Gasteiger partial charge in [0.15, 0.2) is 0 Å². The van der Waals surface area contributed by atoms with Crippen LogP contribution in [0.5, 0.6) is 0 Å². The molecule has 2 N–H and O–H groups in total. The Hall–Kier alpha value is -6.28. The molecule has 57 heavy (non-hydrogen) atoms. The van der Waals surface area contributed by atoms with Gasteiger partial charge in [-0.2, -0.15) is 0 Å². The minimum absolute atomic E-state index is 0.415. The van der Waals surface area contributed by atoms with Gasteiger partial charge in [0.25, 0.3) is 0 Å². The molecule has 3 saturated carbocycles. The summed E-state index contributed by atoms with van der Waals surface area (Å²) in [6, 6.07) is 27.5. The lowest BCUT2D eigenvalue weighted by molar-refractivity contribution is 0.712. The normalized spacial score (nSPS) is 16.6. The van der Waals surface area contributed by atoms with Crippen LogP contribution in [-0.4, -0.2) is 19.9 Å². The number of aromatic amines is 2. The van der Waals surface area contributed by atoms with Crippen molar-refractivity contribution in [3.05, 3.63) is 129 Å². The number of rotatable bonds is 2. The molecular formula is C53H46N4. The van der Waals surface area contributed by atoms with Crippen molar-refractivity contribution < 1.29 is 0 Å². The van der Waals surface area contributed by atoms with Gasteiger partial charge in [0.1, 0.15) is 0 Å². The molecule has 3 aromatic heterocycles. The molecule has 3 fully saturated rings. The Bertz CT molecular complexity index is 2760. The fraction of sp³-hybridized carbons (Fsp3) is 0.283. The van der Waals surface area contributed by atoms with E-state index in [1.165, 1.54) is 56.9 Å². The van der Waals surface area contributed by atoms with Crippen LogP contribution in [0, 0.1) is 47.4 Å². The van der Waals surface area contributed by atoms with E-state index in [4.69, 9.17) is 9.97 Å². The van der Waals surface area contributed by atoms with Crippen molar-refractivity contribution in [1.82, 2.24) is 19.9 Å². The van der Waals surface area contributed by atoms with Crippen LogP contribution in [0.4, 0.5) is 0 Å². The van der Waals surface area contributed by atoms with Gasteiger partial charge in [-0.05, 0) is 105 Å². The number of benzene rings is 2. The predicted molar refractivity (Wildman–Crippen MR) is 236 cm³/mol. The topological polar surface area (TPSA) is 57.4 Å². The highest BCUT2D eigenvalue weighted by Crippen LogP contribution is 2.40. The molecule has 0 unspecified atom stereocenters. The highest BCUT2D eigenvalue weighted by molar-refractivity contribution is 5.93. The van der Waals surface area contributed by atoms with Gasteiger partial charge < -0.3 is 9.97 Å².